The van der Waals surface area contributed by atoms with E-state index >= 15 is 0 Å². The quantitative estimate of drug-likeness (QED) is 0.675. The highest BCUT2D eigenvalue weighted by molar-refractivity contribution is 5.68. The first-order chi connectivity index (χ1) is 8.86. The van der Waals surface area contributed by atoms with Crippen LogP contribution in [0.1, 0.15) is 40.0 Å². The zero-order valence-corrected chi connectivity index (χ0v) is 11.9. The lowest BCUT2D eigenvalue weighted by molar-refractivity contribution is -0.0598. The van der Waals surface area contributed by atoms with Gasteiger partial charge in [0.2, 0.25) is 0 Å². The molecule has 2 aliphatic heterocycles. The minimum atomic E-state index is -0.467. The topological polar surface area (TPSA) is 62.6 Å². The highest BCUT2D eigenvalue weighted by Crippen LogP contribution is 2.40. The molecule has 0 bridgehead atoms. The molecule has 2 rings (SSSR count). The number of amides is 1. The molecule has 1 unspecified atom stereocenters. The standard InChI is InChI=1S/C14H22N2O3/c1-13(2,3)19-12(17)16-7-5-14(6-8-16)11(10-15)4-9-18-14/h11H,4-9H2,1-3H3. The van der Waals surface area contributed by atoms with Gasteiger partial charge in [-0.3, -0.25) is 0 Å². The largest absolute Gasteiger partial charge is 0.444 e. The highest BCUT2D eigenvalue weighted by atomic mass is 16.6. The Morgan fingerprint density at radius 1 is 1.42 bits per heavy atom. The van der Waals surface area contributed by atoms with Crippen LogP contribution in [0.25, 0.3) is 0 Å². The second-order valence-electron chi connectivity index (χ2n) is 6.35. The average Bonchev–Trinajstić information content (AvgIpc) is 2.70. The van der Waals surface area contributed by atoms with Crippen molar-refractivity contribution < 1.29 is 14.3 Å². The summed E-state index contributed by atoms with van der Waals surface area (Å²) in [6.45, 7) is 7.46. The maximum absolute atomic E-state index is 12.0. The van der Waals surface area contributed by atoms with Gasteiger partial charge in [-0.15, -0.1) is 0 Å². The van der Waals surface area contributed by atoms with Gasteiger partial charge in [0.15, 0.2) is 0 Å². The summed E-state index contributed by atoms with van der Waals surface area (Å²) in [7, 11) is 0. The number of piperidine rings is 1. The van der Waals surface area contributed by atoms with Crippen LogP contribution < -0.4 is 0 Å². The lowest BCUT2D eigenvalue weighted by atomic mass is 9.80. The van der Waals surface area contributed by atoms with Crippen molar-refractivity contribution in [2.24, 2.45) is 5.92 Å². The molecule has 2 saturated heterocycles. The van der Waals surface area contributed by atoms with Crippen LogP contribution >= 0.6 is 0 Å². The molecule has 19 heavy (non-hydrogen) atoms. The number of rotatable bonds is 0. The van der Waals surface area contributed by atoms with Gasteiger partial charge in [0.1, 0.15) is 5.60 Å². The Kier molecular flexibility index (Phi) is 3.73. The first-order valence-corrected chi connectivity index (χ1v) is 6.88. The number of nitrogens with zero attached hydrogens (tertiary/aromatic N) is 2. The molecule has 5 heteroatoms. The molecule has 0 aromatic heterocycles. The van der Waals surface area contributed by atoms with Crippen molar-refractivity contribution >= 4 is 6.09 Å². The van der Waals surface area contributed by atoms with Crippen LogP contribution in [-0.4, -0.2) is 41.9 Å². The van der Waals surface area contributed by atoms with E-state index in [1.807, 2.05) is 20.8 Å². The molecule has 2 aliphatic rings. The molecule has 0 aliphatic carbocycles. The van der Waals surface area contributed by atoms with Crippen molar-refractivity contribution in [3.8, 4) is 6.07 Å². The number of likely N-dealkylation sites (tertiary alicyclic amines) is 1. The number of carbonyl (C=O) groups is 1. The molecule has 1 atom stereocenters. The van der Waals surface area contributed by atoms with Crippen molar-refractivity contribution in [3.05, 3.63) is 0 Å². The van der Waals surface area contributed by atoms with Gasteiger partial charge in [-0.1, -0.05) is 0 Å². The summed E-state index contributed by atoms with van der Waals surface area (Å²) in [6.07, 6.45) is 1.99. The number of ether oxygens (including phenoxy) is 2. The molecule has 1 amide bonds. The minimum absolute atomic E-state index is 0.0340. The minimum Gasteiger partial charge on any atom is -0.444 e. The third kappa shape index (κ3) is 3.01. The monoisotopic (exact) mass is 266 g/mol. The van der Waals surface area contributed by atoms with Crippen LogP contribution in [0.2, 0.25) is 0 Å². The molecule has 2 fully saturated rings. The fraction of sp³-hybridized carbons (Fsp3) is 0.857. The van der Waals surface area contributed by atoms with Gasteiger partial charge in [0.25, 0.3) is 0 Å². The molecule has 0 aromatic carbocycles. The van der Waals surface area contributed by atoms with Crippen LogP contribution in [0.3, 0.4) is 0 Å². The van der Waals surface area contributed by atoms with E-state index in [9.17, 15) is 10.1 Å². The van der Waals surface area contributed by atoms with E-state index < -0.39 is 5.60 Å². The molecule has 0 saturated carbocycles. The SMILES string of the molecule is CC(C)(C)OC(=O)N1CCC2(CC1)OCCC2C#N. The summed E-state index contributed by atoms with van der Waals surface area (Å²) in [4.78, 5) is 13.7. The Hall–Kier alpha value is -1.28. The van der Waals surface area contributed by atoms with E-state index in [4.69, 9.17) is 9.47 Å². The van der Waals surface area contributed by atoms with Gasteiger partial charge in [-0.2, -0.15) is 5.26 Å². The van der Waals surface area contributed by atoms with Crippen LogP contribution in [-0.2, 0) is 9.47 Å². The van der Waals surface area contributed by atoms with E-state index in [1.54, 1.807) is 4.90 Å². The molecule has 2 heterocycles. The Morgan fingerprint density at radius 2 is 2.05 bits per heavy atom. The molecule has 5 nitrogen and oxygen atoms in total. The second-order valence-corrected chi connectivity index (χ2v) is 6.35. The third-order valence-corrected chi connectivity index (χ3v) is 3.85. The molecule has 0 aromatic rings. The molecule has 1 spiro atoms. The molecule has 106 valence electrons. The maximum Gasteiger partial charge on any atom is 0.410 e. The normalized spacial score (nSPS) is 26.2. The van der Waals surface area contributed by atoms with E-state index in [1.165, 1.54) is 0 Å². The van der Waals surface area contributed by atoms with Crippen molar-refractivity contribution in [1.29, 1.82) is 5.26 Å². The van der Waals surface area contributed by atoms with Crippen LogP contribution in [0.4, 0.5) is 4.79 Å². The number of hydrogen-bond donors (Lipinski definition) is 0. The van der Waals surface area contributed by atoms with E-state index in [0.29, 0.717) is 19.7 Å². The predicted molar refractivity (Wildman–Crippen MR) is 69.4 cm³/mol. The zero-order valence-electron chi connectivity index (χ0n) is 11.9. The summed E-state index contributed by atoms with van der Waals surface area (Å²) < 4.78 is 11.2. The highest BCUT2D eigenvalue weighted by Gasteiger charge is 2.47. The Labute approximate surface area is 114 Å². The second kappa shape index (κ2) is 5.01. The van der Waals surface area contributed by atoms with Crippen molar-refractivity contribution in [2.45, 2.75) is 51.2 Å². The van der Waals surface area contributed by atoms with E-state index in [2.05, 4.69) is 6.07 Å². The Bertz CT molecular complexity index is 386. The Morgan fingerprint density at radius 3 is 2.58 bits per heavy atom. The third-order valence-electron chi connectivity index (χ3n) is 3.85. The molecule has 0 N–H and O–H groups in total. The van der Waals surface area contributed by atoms with Gasteiger partial charge >= 0.3 is 6.09 Å². The summed E-state index contributed by atoms with van der Waals surface area (Å²) in [5.74, 6) is -0.0340. The van der Waals surface area contributed by atoms with Gasteiger partial charge in [-0.25, -0.2) is 4.79 Å². The summed E-state index contributed by atoms with van der Waals surface area (Å²) >= 11 is 0. The average molecular weight is 266 g/mol. The zero-order chi connectivity index (χ0) is 14.1. The fourth-order valence-electron chi connectivity index (χ4n) is 2.81. The summed E-state index contributed by atoms with van der Waals surface area (Å²) in [6, 6.07) is 2.35. The lowest BCUT2D eigenvalue weighted by Crippen LogP contribution is -2.50. The van der Waals surface area contributed by atoms with Crippen LogP contribution in [0.15, 0.2) is 0 Å². The predicted octanol–water partition coefficient (Wildman–Crippen LogP) is 2.32. The lowest BCUT2D eigenvalue weighted by Gasteiger charge is -2.40. The van der Waals surface area contributed by atoms with Crippen LogP contribution in [0.5, 0.6) is 0 Å². The summed E-state index contributed by atoms with van der Waals surface area (Å²) in [5.41, 5.74) is -0.793. The first kappa shape index (κ1) is 14.1. The Balaban J connectivity index is 1.93. The fourth-order valence-corrected chi connectivity index (χ4v) is 2.81. The van der Waals surface area contributed by atoms with Gasteiger partial charge in [0.05, 0.1) is 17.6 Å². The van der Waals surface area contributed by atoms with Gasteiger partial charge in [-0.05, 0) is 40.0 Å². The van der Waals surface area contributed by atoms with E-state index in [0.717, 1.165) is 19.3 Å². The summed E-state index contributed by atoms with van der Waals surface area (Å²) in [5, 5.41) is 9.18. The smallest absolute Gasteiger partial charge is 0.410 e. The van der Waals surface area contributed by atoms with Crippen molar-refractivity contribution in [3.63, 3.8) is 0 Å². The molecule has 0 radical (unpaired) electrons. The maximum atomic E-state index is 12.0. The number of carbonyl (C=O) groups excluding carboxylic acids is 1. The number of hydrogen-bond acceptors (Lipinski definition) is 4. The molecular weight excluding hydrogens is 244 g/mol. The van der Waals surface area contributed by atoms with Crippen LogP contribution in [0, 0.1) is 17.2 Å². The van der Waals surface area contributed by atoms with Crippen molar-refractivity contribution in [1.82, 2.24) is 4.90 Å². The van der Waals surface area contributed by atoms with Crippen molar-refractivity contribution in [2.75, 3.05) is 19.7 Å². The van der Waals surface area contributed by atoms with E-state index in [-0.39, 0.29) is 17.6 Å². The number of nitriles is 1. The van der Waals surface area contributed by atoms with Gasteiger partial charge < -0.3 is 14.4 Å². The molecular formula is C14H22N2O3. The van der Waals surface area contributed by atoms with Gasteiger partial charge in [0, 0.05) is 19.7 Å². The first-order valence-electron chi connectivity index (χ1n) is 6.88.